The maximum absolute atomic E-state index is 11.9. The lowest BCUT2D eigenvalue weighted by Crippen LogP contribution is -2.39. The van der Waals surface area contributed by atoms with Gasteiger partial charge in [-0.05, 0) is 51.2 Å². The van der Waals surface area contributed by atoms with Crippen molar-refractivity contribution in [2.75, 3.05) is 0 Å². The highest BCUT2D eigenvalue weighted by molar-refractivity contribution is 5.81. The molecule has 0 aromatic carbocycles. The largest absolute Gasteiger partial charge is 0.481 e. The lowest BCUT2D eigenvalue weighted by molar-refractivity contribution is -0.150. The number of allylic oxidation sites excluding steroid dienone is 4. The summed E-state index contributed by atoms with van der Waals surface area (Å²) in [5.74, 6) is -0.739. The Bertz CT molecular complexity index is 589. The number of carbonyl (C=O) groups is 2. The number of amides is 1. The maximum atomic E-state index is 11.9. The number of carbonyl (C=O) groups excluding carboxylic acids is 1. The molecule has 5 heteroatoms. The zero-order valence-electron chi connectivity index (χ0n) is 14.2. The lowest BCUT2D eigenvalue weighted by Gasteiger charge is -2.39. The first-order valence-corrected chi connectivity index (χ1v) is 7.98. The van der Waals surface area contributed by atoms with E-state index in [0.29, 0.717) is 18.5 Å². The number of ether oxygens (including phenoxy) is 1. The summed E-state index contributed by atoms with van der Waals surface area (Å²) in [6, 6.07) is 0. The van der Waals surface area contributed by atoms with Crippen LogP contribution in [0.3, 0.4) is 0 Å². The Kier molecular flexibility index (Phi) is 4.68. The molecule has 0 spiro atoms. The van der Waals surface area contributed by atoms with Crippen LogP contribution in [0.15, 0.2) is 35.6 Å². The van der Waals surface area contributed by atoms with Gasteiger partial charge in [-0.2, -0.15) is 0 Å². The molecule has 1 amide bonds. The van der Waals surface area contributed by atoms with E-state index in [1.165, 1.54) is 0 Å². The fraction of sp³-hybridized carbons (Fsp3) is 0.556. The van der Waals surface area contributed by atoms with Crippen LogP contribution in [-0.2, 0) is 9.53 Å². The van der Waals surface area contributed by atoms with Crippen LogP contribution < -0.4 is 5.32 Å². The highest BCUT2D eigenvalue weighted by Gasteiger charge is 2.46. The van der Waals surface area contributed by atoms with Crippen LogP contribution in [0.5, 0.6) is 0 Å². The fourth-order valence-corrected chi connectivity index (χ4v) is 2.89. The number of hydrogen-bond donors (Lipinski definition) is 2. The molecule has 126 valence electrons. The maximum Gasteiger partial charge on any atom is 0.412 e. The minimum absolute atomic E-state index is 0.0294. The summed E-state index contributed by atoms with van der Waals surface area (Å²) in [6.45, 7) is 7.39. The van der Waals surface area contributed by atoms with E-state index in [4.69, 9.17) is 4.74 Å². The molecular formula is C18H25NO4. The molecule has 2 rings (SSSR count). The van der Waals surface area contributed by atoms with Crippen molar-refractivity contribution in [3.05, 3.63) is 35.6 Å². The van der Waals surface area contributed by atoms with Gasteiger partial charge < -0.3 is 9.84 Å². The second-order valence-corrected chi connectivity index (χ2v) is 7.30. The first-order chi connectivity index (χ1) is 10.6. The molecule has 0 bridgehead atoms. The summed E-state index contributed by atoms with van der Waals surface area (Å²) in [4.78, 5) is 23.5. The lowest BCUT2D eigenvalue weighted by atomic mass is 9.63. The van der Waals surface area contributed by atoms with Gasteiger partial charge in [0.15, 0.2) is 0 Å². The van der Waals surface area contributed by atoms with Crippen LogP contribution in [0.25, 0.3) is 0 Å². The monoisotopic (exact) mass is 319 g/mol. The molecule has 0 aliphatic heterocycles. The number of nitrogens with one attached hydrogen (secondary N) is 1. The molecule has 2 aliphatic carbocycles. The highest BCUT2D eigenvalue weighted by atomic mass is 16.6. The van der Waals surface area contributed by atoms with Crippen molar-refractivity contribution in [3.8, 4) is 0 Å². The first-order valence-electron chi connectivity index (χ1n) is 7.98. The van der Waals surface area contributed by atoms with Crippen molar-refractivity contribution in [2.45, 2.75) is 52.6 Å². The van der Waals surface area contributed by atoms with Crippen LogP contribution in [0.1, 0.15) is 47.0 Å². The first kappa shape index (κ1) is 17.3. The number of alkyl carbamates (subject to hydrolysis) is 1. The molecule has 1 saturated carbocycles. The van der Waals surface area contributed by atoms with Crippen LogP contribution in [0.2, 0.25) is 0 Å². The van der Waals surface area contributed by atoms with Gasteiger partial charge in [-0.1, -0.05) is 31.6 Å². The van der Waals surface area contributed by atoms with Gasteiger partial charge in [0.05, 0.1) is 5.41 Å². The predicted octanol–water partition coefficient (Wildman–Crippen LogP) is 3.78. The van der Waals surface area contributed by atoms with E-state index in [1.54, 1.807) is 32.9 Å². The highest BCUT2D eigenvalue weighted by Crippen LogP contribution is 2.48. The van der Waals surface area contributed by atoms with Gasteiger partial charge in [-0.25, -0.2) is 4.79 Å². The average Bonchev–Trinajstić information content (AvgIpc) is 2.46. The molecule has 1 unspecified atom stereocenters. The van der Waals surface area contributed by atoms with Gasteiger partial charge in [-0.15, -0.1) is 0 Å². The van der Waals surface area contributed by atoms with E-state index in [2.05, 4.69) is 5.32 Å². The molecule has 0 heterocycles. The summed E-state index contributed by atoms with van der Waals surface area (Å²) in [5, 5.41) is 12.3. The second kappa shape index (κ2) is 6.22. The third-order valence-electron chi connectivity index (χ3n) is 4.14. The van der Waals surface area contributed by atoms with Crippen LogP contribution in [0.4, 0.5) is 4.79 Å². The quantitative estimate of drug-likeness (QED) is 0.830. The minimum atomic E-state index is -0.768. The minimum Gasteiger partial charge on any atom is -0.481 e. The molecule has 0 aromatic heterocycles. The predicted molar refractivity (Wildman–Crippen MR) is 87.8 cm³/mol. The number of rotatable bonds is 3. The van der Waals surface area contributed by atoms with Gasteiger partial charge in [0.1, 0.15) is 5.60 Å². The summed E-state index contributed by atoms with van der Waals surface area (Å²) >= 11 is 0. The second-order valence-electron chi connectivity index (χ2n) is 7.30. The zero-order valence-corrected chi connectivity index (χ0v) is 14.2. The molecule has 1 fully saturated rings. The van der Waals surface area contributed by atoms with Gasteiger partial charge in [0.2, 0.25) is 0 Å². The van der Waals surface area contributed by atoms with E-state index >= 15 is 0 Å². The van der Waals surface area contributed by atoms with E-state index in [1.807, 2.05) is 19.1 Å². The third kappa shape index (κ3) is 4.03. The standard InChI is InChI=1S/C18H25NO4/c1-12-10-13(18(15(20)21)8-5-9-18)6-7-14(11-12)19-16(22)23-17(2,3)4/h6-7,10-12H,5,8-9H2,1-4H3,(H,19,22)(H,20,21). The Morgan fingerprint density at radius 2 is 1.91 bits per heavy atom. The fourth-order valence-electron chi connectivity index (χ4n) is 2.89. The average molecular weight is 319 g/mol. The third-order valence-corrected chi connectivity index (χ3v) is 4.14. The topological polar surface area (TPSA) is 75.6 Å². The number of aliphatic carboxylic acids is 1. The van der Waals surface area contributed by atoms with Gasteiger partial charge in [0, 0.05) is 5.70 Å². The van der Waals surface area contributed by atoms with E-state index in [0.717, 1.165) is 12.0 Å². The molecule has 2 N–H and O–H groups in total. The number of carboxylic acid groups (broad SMARTS) is 1. The number of carboxylic acids is 1. The summed E-state index contributed by atoms with van der Waals surface area (Å²) < 4.78 is 5.25. The molecule has 23 heavy (non-hydrogen) atoms. The Hall–Kier alpha value is -2.04. The van der Waals surface area contributed by atoms with Crippen molar-refractivity contribution < 1.29 is 19.4 Å². The van der Waals surface area contributed by atoms with Crippen molar-refractivity contribution >= 4 is 12.1 Å². The smallest absolute Gasteiger partial charge is 0.412 e. The molecule has 2 aliphatic rings. The summed E-state index contributed by atoms with van der Waals surface area (Å²) in [7, 11) is 0. The molecule has 0 aromatic rings. The SMILES string of the molecule is CC1C=C(NC(=O)OC(C)(C)C)C=CC(C2(C(=O)O)CCC2)=C1. The van der Waals surface area contributed by atoms with Gasteiger partial charge in [-0.3, -0.25) is 10.1 Å². The van der Waals surface area contributed by atoms with Gasteiger partial charge in [0.25, 0.3) is 0 Å². The van der Waals surface area contributed by atoms with Crippen molar-refractivity contribution in [3.63, 3.8) is 0 Å². The van der Waals surface area contributed by atoms with Crippen molar-refractivity contribution in [1.82, 2.24) is 5.32 Å². The summed E-state index contributed by atoms with van der Waals surface area (Å²) in [5.41, 5.74) is 0.117. The Morgan fingerprint density at radius 1 is 1.26 bits per heavy atom. The molecule has 1 atom stereocenters. The van der Waals surface area contributed by atoms with E-state index in [9.17, 15) is 14.7 Å². The van der Waals surface area contributed by atoms with Crippen LogP contribution in [-0.4, -0.2) is 22.8 Å². The van der Waals surface area contributed by atoms with Crippen LogP contribution >= 0.6 is 0 Å². The van der Waals surface area contributed by atoms with Crippen molar-refractivity contribution in [2.24, 2.45) is 11.3 Å². The van der Waals surface area contributed by atoms with E-state index in [-0.39, 0.29) is 5.92 Å². The molecular weight excluding hydrogens is 294 g/mol. The van der Waals surface area contributed by atoms with Crippen LogP contribution in [0, 0.1) is 11.3 Å². The molecule has 5 nitrogen and oxygen atoms in total. The Morgan fingerprint density at radius 3 is 2.39 bits per heavy atom. The Balaban J connectivity index is 2.12. The Labute approximate surface area is 137 Å². The molecule has 0 radical (unpaired) electrons. The zero-order chi connectivity index (χ0) is 17.3. The normalized spacial score (nSPS) is 23.0. The number of hydrogen-bond acceptors (Lipinski definition) is 3. The van der Waals surface area contributed by atoms with Gasteiger partial charge >= 0.3 is 12.1 Å². The van der Waals surface area contributed by atoms with E-state index < -0.39 is 23.1 Å². The molecule has 0 saturated heterocycles. The summed E-state index contributed by atoms with van der Waals surface area (Å²) in [6.07, 6.45) is 9.17. The van der Waals surface area contributed by atoms with Crippen molar-refractivity contribution in [1.29, 1.82) is 0 Å².